The summed E-state index contributed by atoms with van der Waals surface area (Å²) in [5.41, 5.74) is 5.80. The lowest BCUT2D eigenvalue weighted by atomic mass is 10.0. The van der Waals surface area contributed by atoms with Crippen LogP contribution in [0.1, 0.15) is 31.1 Å². The van der Waals surface area contributed by atoms with Crippen LogP contribution in [0, 0.1) is 0 Å². The highest BCUT2D eigenvalue weighted by Gasteiger charge is 2.14. The van der Waals surface area contributed by atoms with Crippen LogP contribution in [0.15, 0.2) is 15.9 Å². The molecule has 2 N–H and O–H groups in total. The maximum absolute atomic E-state index is 11.7. The van der Waals surface area contributed by atoms with Crippen molar-refractivity contribution in [2.24, 2.45) is 5.73 Å². The smallest absolute Gasteiger partial charge is 0.154 e. The third kappa shape index (κ3) is 4.45. The molecule has 0 saturated heterocycles. The van der Waals surface area contributed by atoms with Crippen LogP contribution in [0.4, 0.5) is 0 Å². The van der Waals surface area contributed by atoms with Crippen molar-refractivity contribution in [3.05, 3.63) is 20.8 Å². The number of ketones is 1. The van der Waals surface area contributed by atoms with E-state index in [4.69, 9.17) is 5.73 Å². The van der Waals surface area contributed by atoms with E-state index >= 15 is 0 Å². The van der Waals surface area contributed by atoms with E-state index in [0.29, 0.717) is 6.42 Å². The fourth-order valence-corrected chi connectivity index (χ4v) is 2.80. The predicted octanol–water partition coefficient (Wildman–Crippen LogP) is 3.14. The van der Waals surface area contributed by atoms with Crippen molar-refractivity contribution < 1.29 is 4.79 Å². The Bertz CT molecular complexity index is 324. The van der Waals surface area contributed by atoms with Gasteiger partial charge in [0.15, 0.2) is 5.78 Å². The molecule has 4 heteroatoms. The molecule has 0 aliphatic carbocycles. The largest absolute Gasteiger partial charge is 0.321 e. The van der Waals surface area contributed by atoms with E-state index in [1.54, 1.807) is 11.3 Å². The normalized spacial score (nSPS) is 12.7. The van der Waals surface area contributed by atoms with Crippen molar-refractivity contribution in [3.63, 3.8) is 0 Å². The molecule has 0 radical (unpaired) electrons. The van der Waals surface area contributed by atoms with Crippen LogP contribution < -0.4 is 5.73 Å². The predicted molar refractivity (Wildman–Crippen MR) is 68.2 cm³/mol. The molecule has 84 valence electrons. The number of carbonyl (C=O) groups is 1. The van der Waals surface area contributed by atoms with Gasteiger partial charge in [-0.25, -0.2) is 0 Å². The average molecular weight is 290 g/mol. The average Bonchev–Trinajstić information content (AvgIpc) is 2.60. The Morgan fingerprint density at radius 2 is 2.40 bits per heavy atom. The summed E-state index contributed by atoms with van der Waals surface area (Å²) in [7, 11) is 0. The van der Waals surface area contributed by atoms with Gasteiger partial charge < -0.3 is 5.73 Å². The fraction of sp³-hybridized carbons (Fsp3) is 0.545. The minimum atomic E-state index is -0.286. The molecule has 2 nitrogen and oxygen atoms in total. The molecule has 0 aliphatic rings. The zero-order chi connectivity index (χ0) is 11.3. The molecule has 1 atom stereocenters. The number of hydrogen-bond acceptors (Lipinski definition) is 3. The second kappa shape index (κ2) is 6.40. The Balaban J connectivity index is 2.41. The summed E-state index contributed by atoms with van der Waals surface area (Å²) in [4.78, 5) is 12.8. The Morgan fingerprint density at radius 3 is 2.93 bits per heavy atom. The molecule has 0 amide bonds. The first-order chi connectivity index (χ1) is 7.13. The van der Waals surface area contributed by atoms with Crippen LogP contribution in [0.5, 0.6) is 0 Å². The van der Waals surface area contributed by atoms with Crippen LogP contribution in [0.2, 0.25) is 0 Å². The van der Waals surface area contributed by atoms with Crippen LogP contribution >= 0.6 is 27.3 Å². The van der Waals surface area contributed by atoms with Gasteiger partial charge in [-0.05, 0) is 28.4 Å². The Morgan fingerprint density at radius 1 is 1.67 bits per heavy atom. The number of unbranched alkanes of at least 4 members (excludes halogenated alkanes) is 1. The Labute approximate surface area is 103 Å². The van der Waals surface area contributed by atoms with Gasteiger partial charge in [0.05, 0.1) is 6.04 Å². The van der Waals surface area contributed by atoms with E-state index in [0.717, 1.165) is 28.6 Å². The van der Waals surface area contributed by atoms with E-state index < -0.39 is 0 Å². The van der Waals surface area contributed by atoms with E-state index in [1.165, 1.54) is 0 Å². The summed E-state index contributed by atoms with van der Waals surface area (Å²) in [6, 6.07) is 1.69. The third-order valence-electron chi connectivity index (χ3n) is 2.25. The molecular weight excluding hydrogens is 274 g/mol. The van der Waals surface area contributed by atoms with Gasteiger partial charge in [-0.2, -0.15) is 0 Å². The number of Topliss-reactive ketones (excluding diaryl/α,β-unsaturated/α-hetero) is 1. The number of rotatable bonds is 6. The zero-order valence-electron chi connectivity index (χ0n) is 8.83. The molecular formula is C11H16BrNOS. The molecule has 1 rings (SSSR count). The maximum Gasteiger partial charge on any atom is 0.154 e. The van der Waals surface area contributed by atoms with Gasteiger partial charge in [0, 0.05) is 21.2 Å². The summed E-state index contributed by atoms with van der Waals surface area (Å²) in [5, 5.41) is 1.99. The first kappa shape index (κ1) is 12.9. The molecule has 1 unspecified atom stereocenters. The maximum atomic E-state index is 11.7. The number of thiophene rings is 1. The Hall–Kier alpha value is -0.190. The molecule has 0 spiro atoms. The zero-order valence-corrected chi connectivity index (χ0v) is 11.2. The molecule has 0 bridgehead atoms. The van der Waals surface area contributed by atoms with Gasteiger partial charge in [0.25, 0.3) is 0 Å². The minimum absolute atomic E-state index is 0.151. The lowest BCUT2D eigenvalue weighted by Crippen LogP contribution is -2.31. The second-order valence-electron chi connectivity index (χ2n) is 3.62. The minimum Gasteiger partial charge on any atom is -0.321 e. The Kier molecular flexibility index (Phi) is 5.50. The highest BCUT2D eigenvalue weighted by molar-refractivity contribution is 9.10. The highest BCUT2D eigenvalue weighted by Crippen LogP contribution is 2.20. The number of carbonyl (C=O) groups excluding carboxylic acids is 1. The van der Waals surface area contributed by atoms with Crippen molar-refractivity contribution in [3.8, 4) is 0 Å². The number of nitrogens with two attached hydrogens (primary N) is 1. The molecule has 0 saturated carbocycles. The number of hydrogen-bond donors (Lipinski definition) is 1. The van der Waals surface area contributed by atoms with E-state index in [2.05, 4.69) is 22.9 Å². The standard InChI is InChI=1S/C11H16BrNOS/c1-2-3-4-10(13)11(14)6-9-5-8(12)7-15-9/h5,7,10H,2-4,6,13H2,1H3. The lowest BCUT2D eigenvalue weighted by Gasteiger charge is -2.08. The van der Waals surface area contributed by atoms with Crippen molar-refractivity contribution >= 4 is 33.0 Å². The van der Waals surface area contributed by atoms with E-state index in [-0.39, 0.29) is 11.8 Å². The monoisotopic (exact) mass is 289 g/mol. The van der Waals surface area contributed by atoms with Crippen molar-refractivity contribution in [1.29, 1.82) is 0 Å². The lowest BCUT2D eigenvalue weighted by molar-refractivity contribution is -0.119. The van der Waals surface area contributed by atoms with Crippen molar-refractivity contribution in [1.82, 2.24) is 0 Å². The van der Waals surface area contributed by atoms with Crippen LogP contribution in [-0.4, -0.2) is 11.8 Å². The van der Waals surface area contributed by atoms with Gasteiger partial charge >= 0.3 is 0 Å². The molecule has 15 heavy (non-hydrogen) atoms. The summed E-state index contributed by atoms with van der Waals surface area (Å²) in [5.74, 6) is 0.151. The van der Waals surface area contributed by atoms with Crippen LogP contribution in [0.25, 0.3) is 0 Å². The second-order valence-corrected chi connectivity index (χ2v) is 5.53. The third-order valence-corrected chi connectivity index (χ3v) is 3.95. The van der Waals surface area contributed by atoms with Gasteiger partial charge in [-0.3, -0.25) is 4.79 Å². The van der Waals surface area contributed by atoms with Gasteiger partial charge in [0.1, 0.15) is 0 Å². The van der Waals surface area contributed by atoms with E-state index in [1.807, 2.05) is 11.4 Å². The molecule has 1 aromatic heterocycles. The van der Waals surface area contributed by atoms with Gasteiger partial charge in [-0.15, -0.1) is 11.3 Å². The highest BCUT2D eigenvalue weighted by atomic mass is 79.9. The van der Waals surface area contributed by atoms with E-state index in [9.17, 15) is 4.79 Å². The summed E-state index contributed by atoms with van der Waals surface area (Å²) in [6.07, 6.45) is 3.40. The first-order valence-corrected chi connectivity index (χ1v) is 6.82. The first-order valence-electron chi connectivity index (χ1n) is 5.14. The molecule has 1 heterocycles. The topological polar surface area (TPSA) is 43.1 Å². The van der Waals surface area contributed by atoms with Crippen LogP contribution in [-0.2, 0) is 11.2 Å². The van der Waals surface area contributed by atoms with Crippen molar-refractivity contribution in [2.75, 3.05) is 0 Å². The van der Waals surface area contributed by atoms with Crippen LogP contribution in [0.3, 0.4) is 0 Å². The summed E-state index contributed by atoms with van der Waals surface area (Å²) >= 11 is 4.96. The summed E-state index contributed by atoms with van der Waals surface area (Å²) < 4.78 is 1.04. The number of halogens is 1. The quantitative estimate of drug-likeness (QED) is 0.874. The molecule has 1 aromatic rings. The SMILES string of the molecule is CCCCC(N)C(=O)Cc1cc(Br)cs1. The van der Waals surface area contributed by atoms with Gasteiger partial charge in [0.2, 0.25) is 0 Å². The van der Waals surface area contributed by atoms with Gasteiger partial charge in [-0.1, -0.05) is 19.8 Å². The molecule has 0 aromatic carbocycles. The molecule has 0 aliphatic heterocycles. The molecule has 0 fully saturated rings. The summed E-state index contributed by atoms with van der Waals surface area (Å²) in [6.45, 7) is 2.10. The van der Waals surface area contributed by atoms with Crippen molar-refractivity contribution in [2.45, 2.75) is 38.6 Å². The fourth-order valence-electron chi connectivity index (χ4n) is 1.33.